The van der Waals surface area contributed by atoms with Crippen LogP contribution in [-0.4, -0.2) is 9.78 Å². The molecule has 17 heavy (non-hydrogen) atoms. The first-order valence-electron chi connectivity index (χ1n) is 5.76. The minimum absolute atomic E-state index is 0.238. The Bertz CT molecular complexity index is 505. The number of hydrogen-bond acceptors (Lipinski definition) is 2. The third kappa shape index (κ3) is 2.53. The molecule has 0 saturated heterocycles. The molecule has 0 fully saturated rings. The summed E-state index contributed by atoms with van der Waals surface area (Å²) in [5.41, 5.74) is 7.84. The topological polar surface area (TPSA) is 43.8 Å². The summed E-state index contributed by atoms with van der Waals surface area (Å²) < 4.78 is 15.5. The van der Waals surface area contributed by atoms with E-state index in [1.165, 1.54) is 6.07 Å². The van der Waals surface area contributed by atoms with Crippen molar-refractivity contribution in [3.63, 3.8) is 0 Å². The van der Waals surface area contributed by atoms with Gasteiger partial charge in [-0.1, -0.05) is 13.0 Å². The van der Waals surface area contributed by atoms with Crippen molar-refractivity contribution in [1.82, 2.24) is 9.78 Å². The summed E-state index contributed by atoms with van der Waals surface area (Å²) in [6.45, 7) is 3.34. The van der Waals surface area contributed by atoms with E-state index < -0.39 is 0 Å². The van der Waals surface area contributed by atoms with Gasteiger partial charge in [-0.2, -0.15) is 5.10 Å². The van der Waals surface area contributed by atoms with Gasteiger partial charge in [0.25, 0.3) is 0 Å². The van der Waals surface area contributed by atoms with Crippen LogP contribution in [0.25, 0.3) is 11.1 Å². The van der Waals surface area contributed by atoms with E-state index in [9.17, 15) is 4.39 Å². The van der Waals surface area contributed by atoms with Crippen molar-refractivity contribution < 1.29 is 4.39 Å². The normalized spacial score (nSPS) is 10.8. The van der Waals surface area contributed by atoms with Crippen molar-refractivity contribution in [2.75, 3.05) is 0 Å². The van der Waals surface area contributed by atoms with E-state index in [0.717, 1.165) is 24.1 Å². The van der Waals surface area contributed by atoms with Gasteiger partial charge >= 0.3 is 0 Å². The molecule has 90 valence electrons. The maximum atomic E-state index is 13.7. The van der Waals surface area contributed by atoms with Crippen molar-refractivity contribution in [2.24, 2.45) is 5.73 Å². The van der Waals surface area contributed by atoms with Crippen molar-refractivity contribution in [3.05, 3.63) is 42.0 Å². The lowest BCUT2D eigenvalue weighted by molar-refractivity contribution is 0.602. The Hall–Kier alpha value is -1.68. The lowest BCUT2D eigenvalue weighted by atomic mass is 10.1. The van der Waals surface area contributed by atoms with Gasteiger partial charge in [0.15, 0.2) is 0 Å². The summed E-state index contributed by atoms with van der Waals surface area (Å²) in [4.78, 5) is 0. The third-order valence-electron chi connectivity index (χ3n) is 2.66. The van der Waals surface area contributed by atoms with Crippen LogP contribution in [0.1, 0.15) is 18.9 Å². The van der Waals surface area contributed by atoms with Gasteiger partial charge in [-0.3, -0.25) is 4.68 Å². The summed E-state index contributed by atoms with van der Waals surface area (Å²) in [5, 5.41) is 4.20. The van der Waals surface area contributed by atoms with Gasteiger partial charge in [-0.15, -0.1) is 0 Å². The van der Waals surface area contributed by atoms with E-state index >= 15 is 0 Å². The van der Waals surface area contributed by atoms with Gasteiger partial charge in [-0.05, 0) is 24.1 Å². The van der Waals surface area contributed by atoms with Gasteiger partial charge in [0.2, 0.25) is 0 Å². The van der Waals surface area contributed by atoms with Crippen LogP contribution in [0.3, 0.4) is 0 Å². The molecule has 1 aromatic carbocycles. The average Bonchev–Trinajstić information content (AvgIpc) is 2.79. The summed E-state index contributed by atoms with van der Waals surface area (Å²) >= 11 is 0. The number of aromatic nitrogens is 2. The van der Waals surface area contributed by atoms with E-state index in [2.05, 4.69) is 12.0 Å². The Balaban J connectivity index is 2.37. The Morgan fingerprint density at radius 3 is 2.94 bits per heavy atom. The highest BCUT2D eigenvalue weighted by atomic mass is 19.1. The van der Waals surface area contributed by atoms with Gasteiger partial charge in [0, 0.05) is 30.4 Å². The molecule has 0 bridgehead atoms. The molecule has 0 unspecified atom stereocenters. The standard InChI is InChI=1S/C13H16FN3/c1-2-5-17-9-11(8-16-17)12-6-10(7-15)3-4-13(12)14/h3-4,6,8-9H,2,5,7,15H2,1H3. The molecule has 2 aromatic rings. The number of nitrogens with zero attached hydrogens (tertiary/aromatic N) is 2. The summed E-state index contributed by atoms with van der Waals surface area (Å²) in [6.07, 6.45) is 4.56. The third-order valence-corrected chi connectivity index (χ3v) is 2.66. The van der Waals surface area contributed by atoms with Crippen molar-refractivity contribution >= 4 is 0 Å². The average molecular weight is 233 g/mol. The molecule has 0 saturated carbocycles. The quantitative estimate of drug-likeness (QED) is 0.882. The number of nitrogens with two attached hydrogens (primary N) is 1. The van der Waals surface area contributed by atoms with Crippen molar-refractivity contribution in [1.29, 1.82) is 0 Å². The van der Waals surface area contributed by atoms with Crippen molar-refractivity contribution in [2.45, 2.75) is 26.4 Å². The molecule has 3 nitrogen and oxygen atoms in total. The summed E-state index contributed by atoms with van der Waals surface area (Å²) in [5.74, 6) is -0.238. The molecule has 0 aliphatic carbocycles. The zero-order valence-corrected chi connectivity index (χ0v) is 9.86. The first kappa shape index (κ1) is 11.8. The highest BCUT2D eigenvalue weighted by Crippen LogP contribution is 2.23. The fourth-order valence-corrected chi connectivity index (χ4v) is 1.77. The predicted molar refractivity (Wildman–Crippen MR) is 65.8 cm³/mol. The van der Waals surface area contributed by atoms with E-state index in [1.54, 1.807) is 18.3 Å². The minimum atomic E-state index is -0.238. The van der Waals surface area contributed by atoms with Gasteiger partial charge in [0.1, 0.15) is 5.82 Å². The highest BCUT2D eigenvalue weighted by Gasteiger charge is 2.08. The van der Waals surface area contributed by atoms with Crippen LogP contribution in [0.5, 0.6) is 0 Å². The minimum Gasteiger partial charge on any atom is -0.326 e. The van der Waals surface area contributed by atoms with Gasteiger partial charge in [-0.25, -0.2) is 4.39 Å². The molecular formula is C13H16FN3. The molecule has 1 heterocycles. The molecule has 0 amide bonds. The SMILES string of the molecule is CCCn1cc(-c2cc(CN)ccc2F)cn1. The van der Waals surface area contributed by atoms with E-state index in [-0.39, 0.29) is 5.82 Å². The number of hydrogen-bond donors (Lipinski definition) is 1. The lowest BCUT2D eigenvalue weighted by Gasteiger charge is -2.03. The molecule has 0 atom stereocenters. The molecule has 4 heteroatoms. The number of benzene rings is 1. The van der Waals surface area contributed by atoms with Crippen molar-refractivity contribution in [3.8, 4) is 11.1 Å². The smallest absolute Gasteiger partial charge is 0.131 e. The zero-order valence-electron chi connectivity index (χ0n) is 9.86. The molecule has 1 aromatic heterocycles. The van der Waals surface area contributed by atoms with E-state index in [4.69, 9.17) is 5.73 Å². The summed E-state index contributed by atoms with van der Waals surface area (Å²) in [6, 6.07) is 4.94. The first-order valence-corrected chi connectivity index (χ1v) is 5.76. The van der Waals surface area contributed by atoms with Crippen LogP contribution < -0.4 is 5.73 Å². The van der Waals surface area contributed by atoms with Gasteiger partial charge < -0.3 is 5.73 Å². The number of halogens is 1. The molecular weight excluding hydrogens is 217 g/mol. The monoisotopic (exact) mass is 233 g/mol. The fraction of sp³-hybridized carbons (Fsp3) is 0.308. The molecule has 2 N–H and O–H groups in total. The largest absolute Gasteiger partial charge is 0.326 e. The van der Waals surface area contributed by atoms with Gasteiger partial charge in [0.05, 0.1) is 6.20 Å². The second kappa shape index (κ2) is 5.10. The molecule has 0 spiro atoms. The molecule has 0 radical (unpaired) electrons. The van der Waals surface area contributed by atoms with Crippen LogP contribution in [-0.2, 0) is 13.1 Å². The maximum Gasteiger partial charge on any atom is 0.131 e. The fourth-order valence-electron chi connectivity index (χ4n) is 1.77. The van der Waals surface area contributed by atoms with Crippen LogP contribution >= 0.6 is 0 Å². The second-order valence-electron chi connectivity index (χ2n) is 4.01. The predicted octanol–water partition coefficient (Wildman–Crippen LogP) is 2.56. The number of aryl methyl sites for hydroxylation is 1. The Morgan fingerprint density at radius 2 is 2.24 bits per heavy atom. The van der Waals surface area contributed by atoms with Crippen LogP contribution in [0.15, 0.2) is 30.6 Å². The maximum absolute atomic E-state index is 13.7. The first-order chi connectivity index (χ1) is 8.24. The van der Waals surface area contributed by atoms with E-state index in [1.807, 2.05) is 10.9 Å². The van der Waals surface area contributed by atoms with E-state index in [0.29, 0.717) is 12.1 Å². The van der Waals surface area contributed by atoms with Crippen LogP contribution in [0.2, 0.25) is 0 Å². The number of rotatable bonds is 4. The molecule has 2 rings (SSSR count). The molecule has 0 aliphatic rings. The van der Waals surface area contributed by atoms with Crippen LogP contribution in [0.4, 0.5) is 4.39 Å². The second-order valence-corrected chi connectivity index (χ2v) is 4.01. The zero-order chi connectivity index (χ0) is 12.3. The Kier molecular flexibility index (Phi) is 3.54. The highest BCUT2D eigenvalue weighted by molar-refractivity contribution is 5.63. The Labute approximate surface area is 100 Å². The Morgan fingerprint density at radius 1 is 1.41 bits per heavy atom. The summed E-state index contributed by atoms with van der Waals surface area (Å²) in [7, 11) is 0. The molecule has 0 aliphatic heterocycles. The lowest BCUT2D eigenvalue weighted by Crippen LogP contribution is -1.97. The van der Waals surface area contributed by atoms with Crippen LogP contribution in [0, 0.1) is 5.82 Å².